The predicted octanol–water partition coefficient (Wildman–Crippen LogP) is 2.14. The van der Waals surface area contributed by atoms with E-state index in [1.807, 2.05) is 18.2 Å². The van der Waals surface area contributed by atoms with Crippen LogP contribution in [0.3, 0.4) is 0 Å². The van der Waals surface area contributed by atoms with Gasteiger partial charge < -0.3 is 0 Å². The Morgan fingerprint density at radius 1 is 1.26 bits per heavy atom. The van der Waals surface area contributed by atoms with Crippen molar-refractivity contribution >= 4 is 80.0 Å². The number of rotatable bonds is 5. The molecule has 0 fully saturated rings. The number of carboxylic acids is 1. The predicted molar refractivity (Wildman–Crippen MR) is 105 cm³/mol. The SMILES string of the molecule is NC(Cc1ccc(Oc2cc(I)c(O)[c]([Tl])c2)c(I)c1)C(=O)O. The van der Waals surface area contributed by atoms with Gasteiger partial charge >= 0.3 is 178 Å². The molecule has 1 atom stereocenters. The monoisotopic (exact) mass is 729 g/mol. The van der Waals surface area contributed by atoms with Crippen LogP contribution in [0.25, 0.3) is 0 Å². The van der Waals surface area contributed by atoms with E-state index in [1.165, 1.54) is 0 Å². The molecule has 4 N–H and O–H groups in total. The number of carbonyl (C=O) groups is 1. The molecule has 0 spiro atoms. The summed E-state index contributed by atoms with van der Waals surface area (Å²) in [7, 11) is 0. The molecule has 0 saturated carbocycles. The van der Waals surface area contributed by atoms with E-state index in [2.05, 4.69) is 45.2 Å². The van der Waals surface area contributed by atoms with E-state index in [1.54, 1.807) is 12.1 Å². The average Bonchev–Trinajstić information content (AvgIpc) is 2.47. The van der Waals surface area contributed by atoms with Gasteiger partial charge in [0.2, 0.25) is 0 Å². The van der Waals surface area contributed by atoms with Crippen LogP contribution in [0.5, 0.6) is 17.2 Å². The number of benzene rings is 2. The molecule has 2 rings (SSSR count). The summed E-state index contributed by atoms with van der Waals surface area (Å²) in [4.78, 5) is 10.8. The molecule has 0 bridgehead atoms. The molecule has 2 aromatic rings. The molecule has 23 heavy (non-hydrogen) atoms. The Morgan fingerprint density at radius 2 is 1.96 bits per heavy atom. The van der Waals surface area contributed by atoms with Gasteiger partial charge in [-0.3, -0.25) is 0 Å². The molecule has 118 valence electrons. The maximum atomic E-state index is 10.8. The van der Waals surface area contributed by atoms with E-state index in [-0.39, 0.29) is 6.42 Å². The number of nitrogens with two attached hydrogens (primary N) is 1. The summed E-state index contributed by atoms with van der Waals surface area (Å²) in [5.41, 5.74) is 6.40. The summed E-state index contributed by atoms with van der Waals surface area (Å²) >= 11 is 4.73. The van der Waals surface area contributed by atoms with Crippen LogP contribution in [0.2, 0.25) is 0 Å². The number of aliphatic carboxylic acids is 1. The average molecular weight is 728 g/mol. The van der Waals surface area contributed by atoms with Crippen molar-refractivity contribution in [2.75, 3.05) is 0 Å². The van der Waals surface area contributed by atoms with Gasteiger partial charge in [-0.25, -0.2) is 0 Å². The molecule has 0 aliphatic heterocycles. The summed E-state index contributed by atoms with van der Waals surface area (Å²) in [6, 6.07) is 8.20. The van der Waals surface area contributed by atoms with Crippen molar-refractivity contribution < 1.29 is 19.7 Å². The molecule has 2 aromatic carbocycles. The fourth-order valence-corrected chi connectivity index (χ4v) is 5.57. The zero-order valence-electron chi connectivity index (χ0n) is 11.8. The first kappa shape index (κ1) is 19.2. The van der Waals surface area contributed by atoms with Gasteiger partial charge in [0.25, 0.3) is 0 Å². The molecule has 0 heterocycles. The fourth-order valence-electron chi connectivity index (χ4n) is 1.88. The number of hydrogen-bond donors (Lipinski definition) is 3. The number of ether oxygens (including phenoxy) is 1. The number of hydrogen-bond acceptors (Lipinski definition) is 4. The topological polar surface area (TPSA) is 92.8 Å². The van der Waals surface area contributed by atoms with Crippen LogP contribution in [0.4, 0.5) is 0 Å². The zero-order chi connectivity index (χ0) is 17.1. The Bertz CT molecular complexity index is 731. The van der Waals surface area contributed by atoms with Crippen LogP contribution in [0.15, 0.2) is 30.3 Å². The number of carboxylic acid groups (broad SMARTS) is 1. The van der Waals surface area contributed by atoms with Gasteiger partial charge in [0.1, 0.15) is 0 Å². The molecule has 5 nitrogen and oxygen atoms in total. The van der Waals surface area contributed by atoms with Crippen molar-refractivity contribution in [1.29, 1.82) is 0 Å². The van der Waals surface area contributed by atoms with Gasteiger partial charge in [0.15, 0.2) is 0 Å². The van der Waals surface area contributed by atoms with Crippen LogP contribution >= 0.6 is 45.2 Å². The van der Waals surface area contributed by atoms with E-state index in [9.17, 15) is 9.90 Å². The van der Waals surface area contributed by atoms with Gasteiger partial charge in [-0.05, 0) is 0 Å². The van der Waals surface area contributed by atoms with Crippen molar-refractivity contribution in [1.82, 2.24) is 0 Å². The Hall–Kier alpha value is -0.148. The van der Waals surface area contributed by atoms with E-state index >= 15 is 0 Å². The Morgan fingerprint density at radius 3 is 2.52 bits per heavy atom. The quantitative estimate of drug-likeness (QED) is 0.325. The van der Waals surface area contributed by atoms with Crippen molar-refractivity contribution in [3.05, 3.63) is 43.0 Å². The third-order valence-electron chi connectivity index (χ3n) is 3.06. The molecule has 0 aliphatic carbocycles. The second-order valence-corrected chi connectivity index (χ2v) is 9.60. The summed E-state index contributed by atoms with van der Waals surface area (Å²) in [6.45, 7) is 0. The van der Waals surface area contributed by atoms with Crippen LogP contribution < -0.4 is 13.6 Å². The van der Waals surface area contributed by atoms with Crippen molar-refractivity contribution in [3.8, 4) is 17.2 Å². The number of aromatic hydroxyl groups is 1. The van der Waals surface area contributed by atoms with Gasteiger partial charge in [0.05, 0.1) is 0 Å². The summed E-state index contributed by atoms with van der Waals surface area (Å²) in [5, 5.41) is 18.7. The van der Waals surface area contributed by atoms with Gasteiger partial charge in [-0.2, -0.15) is 0 Å². The normalized spacial score (nSPS) is 11.9. The molecule has 8 heteroatoms. The summed E-state index contributed by atoms with van der Waals surface area (Å²) in [5.74, 6) is 0.678. The molecule has 1 unspecified atom stereocenters. The van der Waals surface area contributed by atoms with Crippen LogP contribution in [0, 0.1) is 7.14 Å². The molecule has 0 amide bonds. The maximum absolute atomic E-state index is 10.8. The Labute approximate surface area is 176 Å². The van der Waals surface area contributed by atoms with Gasteiger partial charge in [-0.15, -0.1) is 0 Å². The van der Waals surface area contributed by atoms with E-state index in [0.29, 0.717) is 43.0 Å². The van der Waals surface area contributed by atoms with Crippen molar-refractivity contribution in [2.45, 2.75) is 12.5 Å². The molecule has 0 aliphatic rings. The van der Waals surface area contributed by atoms with Crippen molar-refractivity contribution in [3.63, 3.8) is 0 Å². The van der Waals surface area contributed by atoms with E-state index in [0.717, 1.165) is 15.8 Å². The van der Waals surface area contributed by atoms with Gasteiger partial charge in [-0.1, -0.05) is 0 Å². The van der Waals surface area contributed by atoms with Crippen molar-refractivity contribution in [2.24, 2.45) is 5.73 Å². The minimum absolute atomic E-state index is 0.272. The summed E-state index contributed by atoms with van der Waals surface area (Å²) in [6.07, 6.45) is 0.272. The molecule has 0 aromatic heterocycles. The number of phenolic OH excluding ortho intramolecular Hbond substituents is 1. The Kier molecular flexibility index (Phi) is 6.91. The van der Waals surface area contributed by atoms with Crippen LogP contribution in [-0.4, -0.2) is 48.0 Å². The summed E-state index contributed by atoms with van der Waals surface area (Å²) < 4.78 is 8.43. The standard InChI is InChI=1S/C15H12I2NO4.Tl/c16-10-7-9(2-3-13(10)19)22-14-4-1-8(5-11(14)17)6-12(18)15(20)21;/h1-2,4-5,7,12,19H,6,18H2,(H,20,21);. The van der Waals surface area contributed by atoms with Crippen LogP contribution in [0.1, 0.15) is 5.56 Å². The molecule has 0 saturated heterocycles. The van der Waals surface area contributed by atoms with E-state index in [4.69, 9.17) is 15.6 Å². The van der Waals surface area contributed by atoms with E-state index < -0.39 is 12.0 Å². The molecular weight excluding hydrogens is 716 g/mol. The Balaban J connectivity index is 2.20. The van der Waals surface area contributed by atoms with Crippen LogP contribution in [-0.2, 0) is 11.2 Å². The first-order chi connectivity index (χ1) is 10.8. The second-order valence-electron chi connectivity index (χ2n) is 4.86. The minimum atomic E-state index is -1.01. The van der Waals surface area contributed by atoms with Gasteiger partial charge in [0, 0.05) is 0 Å². The number of halogens is 2. The zero-order valence-corrected chi connectivity index (χ0v) is 20.6. The first-order valence-corrected chi connectivity index (χ1v) is 10.9. The number of phenols is 1. The molecule has 0 radical (unpaired) electrons. The first-order valence-electron chi connectivity index (χ1n) is 6.50. The molecular formula is C15H12I2NO4Tl. The third-order valence-corrected chi connectivity index (χ3v) is 6.44. The second kappa shape index (κ2) is 8.29. The third kappa shape index (κ3) is 5.16. The fraction of sp³-hybridized carbons (Fsp3) is 0.133.